The number of hydrogen-bond acceptors (Lipinski definition) is 3. The molecule has 1 N–H and O–H groups in total. The summed E-state index contributed by atoms with van der Waals surface area (Å²) in [6.07, 6.45) is 3.06. The van der Waals surface area contributed by atoms with Gasteiger partial charge >= 0.3 is 6.09 Å². The maximum absolute atomic E-state index is 12.1. The van der Waals surface area contributed by atoms with Gasteiger partial charge in [-0.15, -0.1) is 0 Å². The summed E-state index contributed by atoms with van der Waals surface area (Å²) in [6, 6.07) is 0. The Morgan fingerprint density at radius 2 is 1.88 bits per heavy atom. The molecule has 1 saturated heterocycles. The van der Waals surface area contributed by atoms with Crippen LogP contribution in [-0.2, 0) is 4.74 Å². The fraction of sp³-hybridized carbons (Fsp3) is 0.923. The number of carbonyl (C=O) groups is 1. The molecular formula is C13H23NO3. The van der Waals surface area contributed by atoms with E-state index in [0.29, 0.717) is 19.4 Å². The van der Waals surface area contributed by atoms with E-state index in [2.05, 4.69) is 0 Å². The second kappa shape index (κ2) is 3.61. The van der Waals surface area contributed by atoms with Crippen molar-refractivity contribution < 1.29 is 14.6 Å². The number of nitrogens with zero attached hydrogens (tertiary/aromatic N) is 1. The topological polar surface area (TPSA) is 49.8 Å². The molecule has 2 fully saturated rings. The first-order valence-corrected chi connectivity index (χ1v) is 6.37. The van der Waals surface area contributed by atoms with Gasteiger partial charge in [0, 0.05) is 12.1 Å². The molecule has 2 aliphatic rings. The van der Waals surface area contributed by atoms with Crippen molar-refractivity contribution in [1.82, 2.24) is 4.90 Å². The van der Waals surface area contributed by atoms with Crippen LogP contribution in [-0.4, -0.2) is 39.4 Å². The van der Waals surface area contributed by atoms with E-state index in [1.807, 2.05) is 32.6 Å². The highest BCUT2D eigenvalue weighted by Gasteiger charge is 2.56. The molecule has 0 radical (unpaired) electrons. The van der Waals surface area contributed by atoms with Gasteiger partial charge in [0.15, 0.2) is 0 Å². The summed E-state index contributed by atoms with van der Waals surface area (Å²) in [5.41, 5.74) is -1.20. The third-order valence-electron chi connectivity index (χ3n) is 3.60. The fourth-order valence-electron chi connectivity index (χ4n) is 2.68. The molecule has 4 heteroatoms. The molecule has 1 aliphatic heterocycles. The largest absolute Gasteiger partial charge is 0.444 e. The Balaban J connectivity index is 2.05. The predicted molar refractivity (Wildman–Crippen MR) is 64.8 cm³/mol. The van der Waals surface area contributed by atoms with Gasteiger partial charge in [-0.25, -0.2) is 4.79 Å². The highest BCUT2D eigenvalue weighted by atomic mass is 16.6. The van der Waals surface area contributed by atoms with Crippen LogP contribution < -0.4 is 0 Å². The lowest BCUT2D eigenvalue weighted by atomic mass is 9.86. The minimum absolute atomic E-state index is 0.121. The van der Waals surface area contributed by atoms with Gasteiger partial charge in [0.25, 0.3) is 0 Å². The first kappa shape index (κ1) is 12.7. The highest BCUT2D eigenvalue weighted by Crippen LogP contribution is 2.51. The van der Waals surface area contributed by atoms with Crippen LogP contribution in [0.25, 0.3) is 0 Å². The molecule has 1 aliphatic carbocycles. The number of likely N-dealkylation sites (tertiary alicyclic amines) is 1. The second-order valence-corrected chi connectivity index (χ2v) is 6.78. The molecule has 0 aromatic rings. The molecule has 1 heterocycles. The number of carbonyl (C=O) groups excluding carboxylic acids is 1. The lowest BCUT2D eigenvalue weighted by molar-refractivity contribution is -0.0514. The second-order valence-electron chi connectivity index (χ2n) is 6.78. The van der Waals surface area contributed by atoms with Crippen LogP contribution in [0.15, 0.2) is 0 Å². The van der Waals surface area contributed by atoms with E-state index in [1.165, 1.54) is 0 Å². The normalized spacial score (nSPS) is 31.5. The van der Waals surface area contributed by atoms with E-state index in [1.54, 1.807) is 0 Å². The van der Waals surface area contributed by atoms with Crippen molar-refractivity contribution in [1.29, 1.82) is 0 Å². The third-order valence-corrected chi connectivity index (χ3v) is 3.60. The molecule has 2 rings (SSSR count). The first-order valence-electron chi connectivity index (χ1n) is 6.37. The van der Waals surface area contributed by atoms with Gasteiger partial charge in [-0.05, 0) is 53.4 Å². The van der Waals surface area contributed by atoms with Gasteiger partial charge in [-0.3, -0.25) is 0 Å². The van der Waals surface area contributed by atoms with Crippen molar-refractivity contribution >= 4 is 6.09 Å². The first-order chi connectivity index (χ1) is 7.64. The lowest BCUT2D eigenvalue weighted by Gasteiger charge is -2.43. The summed E-state index contributed by atoms with van der Waals surface area (Å²) in [5, 5.41) is 10.1. The number of aliphatic hydroxyl groups is 1. The van der Waals surface area contributed by atoms with Crippen LogP contribution in [0.3, 0.4) is 0 Å². The SMILES string of the molecule is CC1(O)CCN(C(=O)OC(C)(C)C)C2(CC2)C1. The molecule has 0 bridgehead atoms. The fourth-order valence-corrected chi connectivity index (χ4v) is 2.68. The van der Waals surface area contributed by atoms with Crippen molar-refractivity contribution in [3.63, 3.8) is 0 Å². The van der Waals surface area contributed by atoms with E-state index in [-0.39, 0.29) is 11.6 Å². The monoisotopic (exact) mass is 241 g/mol. The maximum Gasteiger partial charge on any atom is 0.410 e. The van der Waals surface area contributed by atoms with E-state index >= 15 is 0 Å². The predicted octanol–water partition coefficient (Wildman–Crippen LogP) is 2.30. The van der Waals surface area contributed by atoms with Gasteiger partial charge in [0.2, 0.25) is 0 Å². The number of hydrogen-bond donors (Lipinski definition) is 1. The van der Waals surface area contributed by atoms with Gasteiger partial charge in [-0.2, -0.15) is 0 Å². The zero-order valence-corrected chi connectivity index (χ0v) is 11.2. The summed E-state index contributed by atoms with van der Waals surface area (Å²) in [5.74, 6) is 0. The molecule has 1 atom stereocenters. The summed E-state index contributed by atoms with van der Waals surface area (Å²) in [6.45, 7) is 8.10. The minimum Gasteiger partial charge on any atom is -0.444 e. The molecule has 1 saturated carbocycles. The third kappa shape index (κ3) is 2.73. The average molecular weight is 241 g/mol. The molecule has 4 nitrogen and oxygen atoms in total. The van der Waals surface area contributed by atoms with Crippen molar-refractivity contribution in [3.05, 3.63) is 0 Å². The molecule has 0 aromatic heterocycles. The van der Waals surface area contributed by atoms with Crippen LogP contribution in [0, 0.1) is 0 Å². The molecular weight excluding hydrogens is 218 g/mol. The van der Waals surface area contributed by atoms with Crippen LogP contribution in [0.4, 0.5) is 4.79 Å². The van der Waals surface area contributed by atoms with Crippen LogP contribution in [0.1, 0.15) is 53.4 Å². The number of amides is 1. The molecule has 1 unspecified atom stereocenters. The maximum atomic E-state index is 12.1. The zero-order valence-electron chi connectivity index (χ0n) is 11.2. The Morgan fingerprint density at radius 3 is 2.35 bits per heavy atom. The van der Waals surface area contributed by atoms with E-state index in [9.17, 15) is 9.90 Å². The van der Waals surface area contributed by atoms with Gasteiger partial charge in [0.1, 0.15) is 5.60 Å². The Hall–Kier alpha value is -0.770. The van der Waals surface area contributed by atoms with Crippen molar-refractivity contribution in [3.8, 4) is 0 Å². The van der Waals surface area contributed by atoms with Gasteiger partial charge in [-0.1, -0.05) is 0 Å². The van der Waals surface area contributed by atoms with Crippen LogP contribution in [0.5, 0.6) is 0 Å². The zero-order chi connectivity index (χ0) is 12.9. The van der Waals surface area contributed by atoms with Crippen molar-refractivity contribution in [2.24, 2.45) is 0 Å². The van der Waals surface area contributed by atoms with Crippen molar-refractivity contribution in [2.75, 3.05) is 6.54 Å². The summed E-state index contributed by atoms with van der Waals surface area (Å²) in [7, 11) is 0. The Labute approximate surface area is 103 Å². The Bertz CT molecular complexity index is 326. The standard InChI is InChI=1S/C13H23NO3/c1-11(2,3)17-10(15)14-8-7-12(4,16)9-13(14)5-6-13/h16H,5-9H2,1-4H3. The molecule has 1 spiro atoms. The average Bonchev–Trinajstić information content (AvgIpc) is 2.79. The molecule has 1 amide bonds. The van der Waals surface area contributed by atoms with E-state index < -0.39 is 11.2 Å². The summed E-state index contributed by atoms with van der Waals surface area (Å²) in [4.78, 5) is 13.9. The summed E-state index contributed by atoms with van der Waals surface area (Å²) < 4.78 is 5.43. The Kier molecular flexibility index (Phi) is 2.69. The van der Waals surface area contributed by atoms with Crippen LogP contribution in [0.2, 0.25) is 0 Å². The van der Waals surface area contributed by atoms with Gasteiger partial charge in [0.05, 0.1) is 5.60 Å². The Morgan fingerprint density at radius 1 is 1.29 bits per heavy atom. The van der Waals surface area contributed by atoms with E-state index in [0.717, 1.165) is 12.8 Å². The molecule has 0 aromatic carbocycles. The lowest BCUT2D eigenvalue weighted by Crippen LogP contribution is -2.54. The van der Waals surface area contributed by atoms with E-state index in [4.69, 9.17) is 4.74 Å². The van der Waals surface area contributed by atoms with Crippen LogP contribution >= 0.6 is 0 Å². The van der Waals surface area contributed by atoms with Gasteiger partial charge < -0.3 is 14.7 Å². The molecule has 98 valence electrons. The highest BCUT2D eigenvalue weighted by molar-refractivity contribution is 5.70. The number of piperidine rings is 1. The number of rotatable bonds is 0. The summed E-state index contributed by atoms with van der Waals surface area (Å²) >= 11 is 0. The van der Waals surface area contributed by atoms with Crippen molar-refractivity contribution in [2.45, 2.75) is 70.1 Å². The minimum atomic E-state index is -0.630. The number of ether oxygens (including phenoxy) is 1. The molecule has 17 heavy (non-hydrogen) atoms. The quantitative estimate of drug-likeness (QED) is 0.708. The smallest absolute Gasteiger partial charge is 0.410 e.